The Balaban J connectivity index is 2.14. The Bertz CT molecular complexity index is 435. The maximum absolute atomic E-state index is 12.1. The minimum Gasteiger partial charge on any atom is -0.444 e. The average molecular weight is 249 g/mol. The molecule has 1 saturated carbocycles. The molecule has 5 nitrogen and oxygen atoms in total. The van der Waals surface area contributed by atoms with Crippen LogP contribution in [-0.2, 0) is 10.3 Å². The second kappa shape index (κ2) is 4.23. The van der Waals surface area contributed by atoms with Crippen molar-refractivity contribution in [2.45, 2.75) is 44.8 Å². The Morgan fingerprint density at radius 3 is 2.50 bits per heavy atom. The zero-order valence-electron chi connectivity index (χ0n) is 11.3. The predicted octanol–water partition coefficient (Wildman–Crippen LogP) is 2.33. The third-order valence-corrected chi connectivity index (χ3v) is 3.15. The Kier molecular flexibility index (Phi) is 3.00. The van der Waals surface area contributed by atoms with Gasteiger partial charge in [0.2, 0.25) is 0 Å². The second-order valence-corrected chi connectivity index (χ2v) is 5.70. The molecule has 1 amide bonds. The van der Waals surface area contributed by atoms with Crippen LogP contribution in [0.1, 0.15) is 39.2 Å². The zero-order valence-corrected chi connectivity index (χ0v) is 11.3. The van der Waals surface area contributed by atoms with E-state index in [9.17, 15) is 4.79 Å². The Hall–Kier alpha value is -1.65. The fraction of sp³-hybridized carbons (Fsp3) is 0.615. The van der Waals surface area contributed by atoms with E-state index in [-0.39, 0.29) is 11.6 Å². The fourth-order valence-electron chi connectivity index (χ4n) is 2.01. The maximum atomic E-state index is 12.1. The van der Waals surface area contributed by atoms with Gasteiger partial charge in [0.15, 0.2) is 0 Å². The van der Waals surface area contributed by atoms with Crippen molar-refractivity contribution in [2.75, 3.05) is 7.05 Å². The average Bonchev–Trinajstić information content (AvgIpc) is 3.08. The van der Waals surface area contributed by atoms with Crippen LogP contribution < -0.4 is 0 Å². The smallest absolute Gasteiger partial charge is 0.410 e. The highest BCUT2D eigenvalue weighted by Crippen LogP contribution is 2.50. The summed E-state index contributed by atoms with van der Waals surface area (Å²) in [6.07, 6.45) is 4.95. The molecular weight excluding hydrogens is 230 g/mol. The van der Waals surface area contributed by atoms with Gasteiger partial charge in [0.1, 0.15) is 5.60 Å². The molecule has 0 N–H and O–H groups in total. The number of carbonyl (C=O) groups excluding carboxylic acids is 1. The lowest BCUT2D eigenvalue weighted by molar-refractivity contribution is 0.0189. The van der Waals surface area contributed by atoms with E-state index in [4.69, 9.17) is 4.74 Å². The summed E-state index contributed by atoms with van der Waals surface area (Å²) in [6, 6.07) is 1.90. The summed E-state index contributed by atoms with van der Waals surface area (Å²) >= 11 is 0. The largest absolute Gasteiger partial charge is 0.444 e. The number of aromatic nitrogens is 2. The molecule has 1 aromatic heterocycles. The molecule has 0 unspecified atom stereocenters. The first-order valence-corrected chi connectivity index (χ1v) is 6.09. The van der Waals surface area contributed by atoms with Gasteiger partial charge in [0, 0.05) is 13.2 Å². The molecule has 1 aliphatic rings. The van der Waals surface area contributed by atoms with Crippen molar-refractivity contribution < 1.29 is 9.53 Å². The summed E-state index contributed by atoms with van der Waals surface area (Å²) < 4.78 is 5.40. The maximum Gasteiger partial charge on any atom is 0.410 e. The molecule has 0 saturated heterocycles. The van der Waals surface area contributed by atoms with Gasteiger partial charge in [0.05, 0.1) is 11.7 Å². The Labute approximate surface area is 107 Å². The lowest BCUT2D eigenvalue weighted by Gasteiger charge is -2.30. The van der Waals surface area contributed by atoms with E-state index in [2.05, 4.69) is 10.2 Å². The number of ether oxygens (including phenoxy) is 1. The molecule has 1 heterocycles. The van der Waals surface area contributed by atoms with Crippen LogP contribution in [0.5, 0.6) is 0 Å². The number of nitrogens with zero attached hydrogens (tertiary/aromatic N) is 3. The van der Waals surface area contributed by atoms with Gasteiger partial charge in [-0.1, -0.05) is 0 Å². The highest BCUT2D eigenvalue weighted by Gasteiger charge is 2.51. The van der Waals surface area contributed by atoms with E-state index in [1.54, 1.807) is 24.3 Å². The first-order chi connectivity index (χ1) is 8.35. The lowest BCUT2D eigenvalue weighted by atomic mass is 10.1. The van der Waals surface area contributed by atoms with Crippen molar-refractivity contribution in [3.8, 4) is 0 Å². The van der Waals surface area contributed by atoms with Crippen LogP contribution in [-0.4, -0.2) is 33.8 Å². The van der Waals surface area contributed by atoms with Gasteiger partial charge in [-0.25, -0.2) is 4.79 Å². The molecule has 0 radical (unpaired) electrons. The van der Waals surface area contributed by atoms with Crippen molar-refractivity contribution in [1.29, 1.82) is 0 Å². The van der Waals surface area contributed by atoms with E-state index in [1.165, 1.54) is 0 Å². The minimum atomic E-state index is -0.474. The van der Waals surface area contributed by atoms with Gasteiger partial charge in [-0.05, 0) is 45.2 Å². The van der Waals surface area contributed by atoms with Gasteiger partial charge in [-0.2, -0.15) is 10.2 Å². The van der Waals surface area contributed by atoms with Gasteiger partial charge in [-0.15, -0.1) is 0 Å². The third-order valence-electron chi connectivity index (χ3n) is 3.15. The van der Waals surface area contributed by atoms with Crippen LogP contribution in [0.2, 0.25) is 0 Å². The molecule has 5 heteroatoms. The lowest BCUT2D eigenvalue weighted by Crippen LogP contribution is -2.41. The van der Waals surface area contributed by atoms with Gasteiger partial charge < -0.3 is 9.64 Å². The summed E-state index contributed by atoms with van der Waals surface area (Å²) in [5.74, 6) is 0. The summed E-state index contributed by atoms with van der Waals surface area (Å²) in [4.78, 5) is 13.8. The van der Waals surface area contributed by atoms with Crippen LogP contribution >= 0.6 is 0 Å². The van der Waals surface area contributed by atoms with Crippen LogP contribution in [0, 0.1) is 0 Å². The van der Waals surface area contributed by atoms with Gasteiger partial charge >= 0.3 is 6.09 Å². The number of rotatable bonds is 2. The van der Waals surface area contributed by atoms with Crippen molar-refractivity contribution in [1.82, 2.24) is 15.1 Å². The van der Waals surface area contributed by atoms with E-state index in [1.807, 2.05) is 26.8 Å². The van der Waals surface area contributed by atoms with Crippen molar-refractivity contribution in [2.24, 2.45) is 0 Å². The van der Waals surface area contributed by atoms with E-state index in [0.717, 1.165) is 18.4 Å². The standard InChI is InChI=1S/C13H19N3O2/c1-12(2,3)18-11(17)16(4)13(6-7-13)10-5-8-14-15-9-10/h5,8-9H,6-7H2,1-4H3. The van der Waals surface area contributed by atoms with Crippen LogP contribution in [0.3, 0.4) is 0 Å². The monoisotopic (exact) mass is 249 g/mol. The van der Waals surface area contributed by atoms with Crippen LogP contribution in [0.4, 0.5) is 4.79 Å². The molecule has 1 fully saturated rings. The summed E-state index contributed by atoms with van der Waals surface area (Å²) in [6.45, 7) is 5.60. The normalized spacial score (nSPS) is 17.1. The van der Waals surface area contributed by atoms with Gasteiger partial charge in [0.25, 0.3) is 0 Å². The van der Waals surface area contributed by atoms with Crippen molar-refractivity contribution in [3.05, 3.63) is 24.0 Å². The zero-order chi connectivity index (χ0) is 13.4. The minimum absolute atomic E-state index is 0.252. The van der Waals surface area contributed by atoms with E-state index in [0.29, 0.717) is 0 Å². The number of amides is 1. The number of hydrogen-bond donors (Lipinski definition) is 0. The molecule has 1 aliphatic carbocycles. The molecule has 98 valence electrons. The SMILES string of the molecule is CN(C(=O)OC(C)(C)C)C1(c2ccnnc2)CC1. The highest BCUT2D eigenvalue weighted by atomic mass is 16.6. The highest BCUT2D eigenvalue weighted by molar-refractivity contribution is 5.70. The fourth-order valence-corrected chi connectivity index (χ4v) is 2.01. The molecule has 2 rings (SSSR count). The second-order valence-electron chi connectivity index (χ2n) is 5.70. The molecular formula is C13H19N3O2. The molecule has 18 heavy (non-hydrogen) atoms. The summed E-state index contributed by atoms with van der Waals surface area (Å²) in [5.41, 5.74) is 0.293. The van der Waals surface area contributed by atoms with Gasteiger partial charge in [-0.3, -0.25) is 0 Å². The van der Waals surface area contributed by atoms with Crippen molar-refractivity contribution in [3.63, 3.8) is 0 Å². The number of hydrogen-bond acceptors (Lipinski definition) is 4. The molecule has 0 spiro atoms. The molecule has 0 aliphatic heterocycles. The summed E-state index contributed by atoms with van der Waals surface area (Å²) in [5, 5.41) is 7.64. The van der Waals surface area contributed by atoms with E-state index >= 15 is 0 Å². The first-order valence-electron chi connectivity index (χ1n) is 6.09. The summed E-state index contributed by atoms with van der Waals surface area (Å²) in [7, 11) is 1.78. The molecule has 0 atom stereocenters. The van der Waals surface area contributed by atoms with Crippen LogP contribution in [0.25, 0.3) is 0 Å². The Morgan fingerprint density at radius 1 is 1.39 bits per heavy atom. The molecule has 0 aromatic carbocycles. The Morgan fingerprint density at radius 2 is 2.06 bits per heavy atom. The molecule has 0 bridgehead atoms. The van der Waals surface area contributed by atoms with E-state index < -0.39 is 5.60 Å². The van der Waals surface area contributed by atoms with Crippen LogP contribution in [0.15, 0.2) is 18.5 Å². The quantitative estimate of drug-likeness (QED) is 0.807. The predicted molar refractivity (Wildman–Crippen MR) is 66.9 cm³/mol. The number of carbonyl (C=O) groups is 1. The molecule has 1 aromatic rings. The van der Waals surface area contributed by atoms with Crippen molar-refractivity contribution >= 4 is 6.09 Å². The first kappa shape index (κ1) is 12.8. The topological polar surface area (TPSA) is 55.3 Å². The third kappa shape index (κ3) is 2.44.